The smallest absolute Gasteiger partial charge is 0.303 e. The van der Waals surface area contributed by atoms with Crippen molar-refractivity contribution in [3.63, 3.8) is 0 Å². The lowest BCUT2D eigenvalue weighted by Crippen LogP contribution is -1.95. The summed E-state index contributed by atoms with van der Waals surface area (Å²) in [5.74, 6) is 2.04. The fourth-order valence-electron chi connectivity index (χ4n) is 2.84. The summed E-state index contributed by atoms with van der Waals surface area (Å²) in [6.07, 6.45) is 3.51. The summed E-state index contributed by atoms with van der Waals surface area (Å²) in [6.45, 7) is 0. The molecule has 1 fully saturated rings. The SMILES string of the molecule is O=C(O)CCCC1CC1CSc1ccc2ccccc2c1. The van der Waals surface area contributed by atoms with Gasteiger partial charge in [-0.25, -0.2) is 0 Å². The molecule has 0 aromatic heterocycles. The van der Waals surface area contributed by atoms with E-state index in [-0.39, 0.29) is 0 Å². The fraction of sp³-hybridized carbons (Fsp3) is 0.389. The van der Waals surface area contributed by atoms with E-state index in [1.807, 2.05) is 11.8 Å². The monoisotopic (exact) mass is 300 g/mol. The second kappa shape index (κ2) is 6.52. The molecule has 2 atom stereocenters. The molecule has 3 rings (SSSR count). The van der Waals surface area contributed by atoms with Crippen LogP contribution in [-0.4, -0.2) is 16.8 Å². The zero-order valence-electron chi connectivity index (χ0n) is 12.0. The summed E-state index contributed by atoms with van der Waals surface area (Å²) in [7, 11) is 0. The summed E-state index contributed by atoms with van der Waals surface area (Å²) in [6, 6.07) is 15.1. The van der Waals surface area contributed by atoms with E-state index in [2.05, 4.69) is 42.5 Å². The minimum atomic E-state index is -0.669. The Bertz CT molecular complexity index is 638. The maximum absolute atomic E-state index is 10.5. The van der Waals surface area contributed by atoms with Crippen molar-refractivity contribution in [1.82, 2.24) is 0 Å². The second-order valence-corrected chi connectivity index (χ2v) is 6.96. The summed E-state index contributed by atoms with van der Waals surface area (Å²) in [5.41, 5.74) is 0. The van der Waals surface area contributed by atoms with Gasteiger partial charge in [0.2, 0.25) is 0 Å². The number of hydrogen-bond acceptors (Lipinski definition) is 2. The molecule has 0 heterocycles. The van der Waals surface area contributed by atoms with Crippen LogP contribution < -0.4 is 0 Å². The van der Waals surface area contributed by atoms with Gasteiger partial charge in [-0.2, -0.15) is 0 Å². The van der Waals surface area contributed by atoms with Crippen molar-refractivity contribution >= 4 is 28.5 Å². The molecule has 21 heavy (non-hydrogen) atoms. The largest absolute Gasteiger partial charge is 0.481 e. The quantitative estimate of drug-likeness (QED) is 0.745. The Kier molecular flexibility index (Phi) is 4.49. The van der Waals surface area contributed by atoms with E-state index < -0.39 is 5.97 Å². The number of hydrogen-bond donors (Lipinski definition) is 1. The van der Waals surface area contributed by atoms with Gasteiger partial charge in [-0.15, -0.1) is 11.8 Å². The van der Waals surface area contributed by atoms with E-state index in [9.17, 15) is 4.79 Å². The molecule has 110 valence electrons. The molecule has 2 aromatic rings. The van der Waals surface area contributed by atoms with Gasteiger partial charge in [0, 0.05) is 17.1 Å². The van der Waals surface area contributed by atoms with Gasteiger partial charge in [0.1, 0.15) is 0 Å². The summed E-state index contributed by atoms with van der Waals surface area (Å²) >= 11 is 1.93. The van der Waals surface area contributed by atoms with E-state index in [0.717, 1.165) is 30.4 Å². The molecule has 0 spiro atoms. The molecule has 0 radical (unpaired) electrons. The molecule has 3 heteroatoms. The van der Waals surface area contributed by atoms with Gasteiger partial charge < -0.3 is 5.11 Å². The van der Waals surface area contributed by atoms with Gasteiger partial charge in [0.15, 0.2) is 0 Å². The van der Waals surface area contributed by atoms with Crippen LogP contribution in [0.2, 0.25) is 0 Å². The van der Waals surface area contributed by atoms with Crippen molar-refractivity contribution in [2.24, 2.45) is 11.8 Å². The predicted molar refractivity (Wildman–Crippen MR) is 87.8 cm³/mol. The first-order valence-corrected chi connectivity index (χ1v) is 8.54. The molecule has 1 aliphatic rings. The van der Waals surface area contributed by atoms with Crippen molar-refractivity contribution in [2.75, 3.05) is 5.75 Å². The zero-order valence-corrected chi connectivity index (χ0v) is 12.8. The van der Waals surface area contributed by atoms with Crippen LogP contribution in [0.1, 0.15) is 25.7 Å². The lowest BCUT2D eigenvalue weighted by molar-refractivity contribution is -0.137. The third-order valence-corrected chi connectivity index (χ3v) is 5.40. The Labute approximate surface area is 129 Å². The number of carbonyl (C=O) groups is 1. The summed E-state index contributed by atoms with van der Waals surface area (Å²) in [5, 5.41) is 11.2. The first-order valence-electron chi connectivity index (χ1n) is 7.56. The van der Waals surface area contributed by atoms with Crippen molar-refractivity contribution < 1.29 is 9.90 Å². The van der Waals surface area contributed by atoms with Gasteiger partial charge in [0.05, 0.1) is 0 Å². The molecule has 2 unspecified atom stereocenters. The highest BCUT2D eigenvalue weighted by Crippen LogP contribution is 2.45. The topological polar surface area (TPSA) is 37.3 Å². The van der Waals surface area contributed by atoms with Crippen molar-refractivity contribution in [3.05, 3.63) is 42.5 Å². The maximum atomic E-state index is 10.5. The number of benzene rings is 2. The van der Waals surface area contributed by atoms with Crippen molar-refractivity contribution in [3.8, 4) is 0 Å². The highest BCUT2D eigenvalue weighted by atomic mass is 32.2. The van der Waals surface area contributed by atoms with Crippen LogP contribution in [0.5, 0.6) is 0 Å². The van der Waals surface area contributed by atoms with Crippen LogP contribution in [-0.2, 0) is 4.79 Å². The van der Waals surface area contributed by atoms with Gasteiger partial charge in [0.25, 0.3) is 0 Å². The third kappa shape index (κ3) is 4.01. The number of thioether (sulfide) groups is 1. The molecule has 0 saturated heterocycles. The van der Waals surface area contributed by atoms with E-state index in [1.165, 1.54) is 22.1 Å². The Morgan fingerprint density at radius 3 is 2.76 bits per heavy atom. The minimum absolute atomic E-state index is 0.320. The van der Waals surface area contributed by atoms with E-state index in [1.54, 1.807) is 0 Å². The van der Waals surface area contributed by atoms with Crippen LogP contribution in [0.3, 0.4) is 0 Å². The van der Waals surface area contributed by atoms with Crippen LogP contribution in [0.4, 0.5) is 0 Å². The van der Waals surface area contributed by atoms with Crippen molar-refractivity contribution in [2.45, 2.75) is 30.6 Å². The number of carboxylic acid groups (broad SMARTS) is 1. The fourth-order valence-corrected chi connectivity index (χ4v) is 4.03. The molecule has 1 aliphatic carbocycles. The second-order valence-electron chi connectivity index (χ2n) is 5.86. The average molecular weight is 300 g/mol. The van der Waals surface area contributed by atoms with E-state index in [4.69, 9.17) is 5.11 Å². The molecule has 0 aliphatic heterocycles. The lowest BCUT2D eigenvalue weighted by atomic mass is 10.1. The molecule has 2 nitrogen and oxygen atoms in total. The van der Waals surface area contributed by atoms with Crippen molar-refractivity contribution in [1.29, 1.82) is 0 Å². The molecule has 1 N–H and O–H groups in total. The maximum Gasteiger partial charge on any atom is 0.303 e. The van der Waals surface area contributed by atoms with Gasteiger partial charge in [-0.05, 0) is 54.0 Å². The Hall–Kier alpha value is -1.48. The van der Waals surface area contributed by atoms with E-state index >= 15 is 0 Å². The Morgan fingerprint density at radius 1 is 1.14 bits per heavy atom. The van der Waals surface area contributed by atoms with Crippen LogP contribution >= 0.6 is 11.8 Å². The predicted octanol–water partition coefficient (Wildman–Crippen LogP) is 4.82. The standard InChI is InChI=1S/C18H20O2S/c19-18(20)7-3-6-14-10-16(14)12-21-17-9-8-13-4-1-2-5-15(13)11-17/h1-2,4-5,8-9,11,14,16H,3,6-7,10,12H2,(H,19,20). The van der Waals surface area contributed by atoms with Crippen LogP contribution in [0, 0.1) is 11.8 Å². The molecule has 1 saturated carbocycles. The molecule has 0 amide bonds. The average Bonchev–Trinajstić information content (AvgIpc) is 3.23. The molecule has 0 bridgehead atoms. The summed E-state index contributed by atoms with van der Waals surface area (Å²) in [4.78, 5) is 11.8. The Morgan fingerprint density at radius 2 is 1.95 bits per heavy atom. The van der Waals surface area contributed by atoms with Gasteiger partial charge >= 0.3 is 5.97 Å². The van der Waals surface area contributed by atoms with Gasteiger partial charge in [-0.3, -0.25) is 4.79 Å². The van der Waals surface area contributed by atoms with Crippen LogP contribution in [0.15, 0.2) is 47.4 Å². The molecule has 2 aromatic carbocycles. The summed E-state index contributed by atoms with van der Waals surface area (Å²) < 4.78 is 0. The third-order valence-electron chi connectivity index (χ3n) is 4.22. The van der Waals surface area contributed by atoms with Gasteiger partial charge in [-0.1, -0.05) is 30.3 Å². The highest BCUT2D eigenvalue weighted by molar-refractivity contribution is 7.99. The minimum Gasteiger partial charge on any atom is -0.481 e. The number of rotatable bonds is 7. The normalized spacial score (nSPS) is 20.6. The van der Waals surface area contributed by atoms with E-state index in [0.29, 0.717) is 6.42 Å². The molecular weight excluding hydrogens is 280 g/mol. The highest BCUT2D eigenvalue weighted by Gasteiger charge is 2.35. The lowest BCUT2D eigenvalue weighted by Gasteiger charge is -2.04. The van der Waals surface area contributed by atoms with Crippen LogP contribution in [0.25, 0.3) is 10.8 Å². The number of aliphatic carboxylic acids is 1. The first kappa shape index (κ1) is 14.5. The first-order chi connectivity index (χ1) is 10.2. The zero-order chi connectivity index (χ0) is 14.7. The molecular formula is C18H20O2S. The number of carboxylic acids is 1. The number of fused-ring (bicyclic) bond motifs is 1. The Balaban J connectivity index is 1.46.